The lowest BCUT2D eigenvalue weighted by Gasteiger charge is -2.10. The van der Waals surface area contributed by atoms with Crippen LogP contribution < -0.4 is 14.9 Å². The highest BCUT2D eigenvalue weighted by Crippen LogP contribution is 2.32. The maximum absolute atomic E-state index is 12.0. The molecule has 3 aromatic rings. The van der Waals surface area contributed by atoms with Gasteiger partial charge in [-0.2, -0.15) is 5.10 Å². The quantitative estimate of drug-likeness (QED) is 0.418. The van der Waals surface area contributed by atoms with Crippen LogP contribution in [0.4, 0.5) is 0 Å². The predicted octanol–water partition coefficient (Wildman–Crippen LogP) is 5.34. The first kappa shape index (κ1) is 20.3. The summed E-state index contributed by atoms with van der Waals surface area (Å²) in [6.07, 6.45) is 1.40. The fourth-order valence-electron chi connectivity index (χ4n) is 2.60. The monoisotopic (exact) mass is 436 g/mol. The van der Waals surface area contributed by atoms with Crippen LogP contribution in [0.3, 0.4) is 0 Å². The number of ether oxygens (including phenoxy) is 2. The molecule has 8 heteroatoms. The van der Waals surface area contributed by atoms with Gasteiger partial charge < -0.3 is 9.47 Å². The molecule has 0 saturated carbocycles. The Morgan fingerprint density at radius 3 is 2.57 bits per heavy atom. The maximum atomic E-state index is 12.0. The number of methoxy groups -OCH3 is 1. The highest BCUT2D eigenvalue weighted by molar-refractivity contribution is 6.36. The molecule has 3 rings (SSSR count). The number of hydrazone groups is 1. The topological polar surface area (TPSA) is 59.9 Å². The second-order valence-electron chi connectivity index (χ2n) is 5.68. The lowest BCUT2D eigenvalue weighted by molar-refractivity contribution is -0.123. The van der Waals surface area contributed by atoms with E-state index >= 15 is 0 Å². The largest absolute Gasteiger partial charge is 0.495 e. The van der Waals surface area contributed by atoms with Crippen LogP contribution >= 0.6 is 34.8 Å². The summed E-state index contributed by atoms with van der Waals surface area (Å²) in [4.78, 5) is 12.0. The standard InChI is InChI=1S/C20H15Cl3N2O3/c1-27-20-12(8-13(21)9-17(20)23)10-24-25-19(26)11-28-18-7-6-16(22)14-4-2-3-5-15(14)18/h2-10H,11H2,1H3,(H,25,26). The molecule has 0 aromatic heterocycles. The summed E-state index contributed by atoms with van der Waals surface area (Å²) in [5, 5.41) is 6.97. The number of fused-ring (bicyclic) bond motifs is 1. The second-order valence-corrected chi connectivity index (χ2v) is 6.93. The third-order valence-electron chi connectivity index (χ3n) is 3.82. The smallest absolute Gasteiger partial charge is 0.277 e. The van der Waals surface area contributed by atoms with E-state index in [-0.39, 0.29) is 6.61 Å². The molecule has 0 spiro atoms. The zero-order valence-electron chi connectivity index (χ0n) is 14.7. The van der Waals surface area contributed by atoms with Crippen molar-refractivity contribution in [2.45, 2.75) is 0 Å². The average Bonchev–Trinajstić information content (AvgIpc) is 2.67. The van der Waals surface area contributed by atoms with Crippen molar-refractivity contribution in [3.05, 3.63) is 69.2 Å². The van der Waals surface area contributed by atoms with E-state index in [1.807, 2.05) is 24.3 Å². The molecule has 28 heavy (non-hydrogen) atoms. The predicted molar refractivity (Wildman–Crippen MR) is 113 cm³/mol. The first-order valence-electron chi connectivity index (χ1n) is 8.14. The molecular weight excluding hydrogens is 423 g/mol. The lowest BCUT2D eigenvalue weighted by Crippen LogP contribution is -2.24. The molecule has 0 bridgehead atoms. The molecule has 0 aliphatic rings. The summed E-state index contributed by atoms with van der Waals surface area (Å²) in [7, 11) is 1.48. The summed E-state index contributed by atoms with van der Waals surface area (Å²) in [6, 6.07) is 14.2. The first-order valence-corrected chi connectivity index (χ1v) is 9.28. The van der Waals surface area contributed by atoms with Crippen LogP contribution in [0.1, 0.15) is 5.56 Å². The SMILES string of the molecule is COc1c(Cl)cc(Cl)cc1C=NNC(=O)COc1ccc(Cl)c2ccccc12. The molecule has 0 aliphatic carbocycles. The number of carbonyl (C=O) groups is 1. The van der Waals surface area contributed by atoms with Gasteiger partial charge in [0.1, 0.15) is 11.5 Å². The lowest BCUT2D eigenvalue weighted by atomic mass is 10.1. The molecule has 0 unspecified atom stereocenters. The third kappa shape index (κ3) is 4.68. The number of carbonyl (C=O) groups excluding carboxylic acids is 1. The van der Waals surface area contributed by atoms with Crippen molar-refractivity contribution in [3.8, 4) is 11.5 Å². The number of nitrogens with one attached hydrogen (secondary N) is 1. The number of halogens is 3. The van der Waals surface area contributed by atoms with E-state index in [0.29, 0.717) is 32.1 Å². The fraction of sp³-hybridized carbons (Fsp3) is 0.100. The van der Waals surface area contributed by atoms with E-state index in [0.717, 1.165) is 10.8 Å². The van der Waals surface area contributed by atoms with E-state index < -0.39 is 5.91 Å². The van der Waals surface area contributed by atoms with Crippen LogP contribution in [0, 0.1) is 0 Å². The minimum absolute atomic E-state index is 0.212. The molecule has 0 atom stereocenters. The number of rotatable bonds is 6. The van der Waals surface area contributed by atoms with Crippen molar-refractivity contribution in [2.75, 3.05) is 13.7 Å². The molecule has 1 amide bonds. The number of amides is 1. The van der Waals surface area contributed by atoms with Gasteiger partial charge in [-0.25, -0.2) is 5.43 Å². The highest BCUT2D eigenvalue weighted by Gasteiger charge is 2.09. The van der Waals surface area contributed by atoms with Gasteiger partial charge in [0.05, 0.1) is 18.3 Å². The molecule has 3 aromatic carbocycles. The van der Waals surface area contributed by atoms with Gasteiger partial charge in [-0.15, -0.1) is 0 Å². The molecule has 144 valence electrons. The number of nitrogens with zero attached hydrogens (tertiary/aromatic N) is 1. The molecule has 5 nitrogen and oxygen atoms in total. The minimum atomic E-state index is -0.428. The van der Waals surface area contributed by atoms with Gasteiger partial charge in [0.2, 0.25) is 0 Å². The van der Waals surface area contributed by atoms with Gasteiger partial charge in [-0.05, 0) is 24.3 Å². The third-order valence-corrected chi connectivity index (χ3v) is 4.65. The van der Waals surface area contributed by atoms with Gasteiger partial charge in [-0.3, -0.25) is 4.79 Å². The number of benzene rings is 3. The Kier molecular flexibility index (Phi) is 6.62. The van der Waals surface area contributed by atoms with E-state index in [4.69, 9.17) is 44.3 Å². The van der Waals surface area contributed by atoms with Crippen LogP contribution in [-0.4, -0.2) is 25.8 Å². The van der Waals surface area contributed by atoms with E-state index in [9.17, 15) is 4.79 Å². The molecule has 0 fully saturated rings. The van der Waals surface area contributed by atoms with Crippen LogP contribution in [0.25, 0.3) is 10.8 Å². The summed E-state index contributed by atoms with van der Waals surface area (Å²) < 4.78 is 10.8. The Labute approximate surface area is 176 Å². The summed E-state index contributed by atoms with van der Waals surface area (Å²) in [5.41, 5.74) is 2.92. The Morgan fingerprint density at radius 2 is 1.82 bits per heavy atom. The number of hydrogen-bond donors (Lipinski definition) is 1. The Bertz CT molecular complexity index is 1050. The van der Waals surface area contributed by atoms with E-state index in [1.54, 1.807) is 24.3 Å². The van der Waals surface area contributed by atoms with Crippen LogP contribution in [0.5, 0.6) is 11.5 Å². The Morgan fingerprint density at radius 1 is 1.07 bits per heavy atom. The molecule has 0 aliphatic heterocycles. The summed E-state index contributed by atoms with van der Waals surface area (Å²) in [6.45, 7) is -0.212. The normalized spacial score (nSPS) is 11.0. The molecule has 0 heterocycles. The minimum Gasteiger partial charge on any atom is -0.495 e. The van der Waals surface area contributed by atoms with E-state index in [2.05, 4.69) is 10.5 Å². The Balaban J connectivity index is 1.65. The molecule has 0 saturated heterocycles. The maximum Gasteiger partial charge on any atom is 0.277 e. The van der Waals surface area contributed by atoms with Crippen LogP contribution in [0.2, 0.25) is 15.1 Å². The molecule has 1 N–H and O–H groups in total. The van der Waals surface area contributed by atoms with Gasteiger partial charge in [0.15, 0.2) is 6.61 Å². The van der Waals surface area contributed by atoms with Crippen molar-refractivity contribution in [1.82, 2.24) is 5.43 Å². The zero-order valence-corrected chi connectivity index (χ0v) is 17.0. The second kappa shape index (κ2) is 9.15. The van der Waals surface area contributed by atoms with Crippen molar-refractivity contribution in [2.24, 2.45) is 5.10 Å². The summed E-state index contributed by atoms with van der Waals surface area (Å²) in [5.74, 6) is 0.540. The van der Waals surface area contributed by atoms with Crippen LogP contribution in [-0.2, 0) is 4.79 Å². The first-order chi connectivity index (χ1) is 13.5. The average molecular weight is 438 g/mol. The van der Waals surface area contributed by atoms with Crippen molar-refractivity contribution >= 4 is 57.7 Å². The van der Waals surface area contributed by atoms with Gasteiger partial charge in [0.25, 0.3) is 5.91 Å². The fourth-order valence-corrected chi connectivity index (χ4v) is 3.42. The summed E-state index contributed by atoms with van der Waals surface area (Å²) >= 11 is 18.2. The molecule has 0 radical (unpaired) electrons. The highest BCUT2D eigenvalue weighted by atomic mass is 35.5. The van der Waals surface area contributed by atoms with Crippen LogP contribution in [0.15, 0.2) is 53.6 Å². The van der Waals surface area contributed by atoms with Gasteiger partial charge in [-0.1, -0.05) is 59.1 Å². The molecular formula is C20H15Cl3N2O3. The van der Waals surface area contributed by atoms with Gasteiger partial charge in [0, 0.05) is 26.4 Å². The number of hydrogen-bond acceptors (Lipinski definition) is 4. The Hall–Kier alpha value is -2.47. The zero-order chi connectivity index (χ0) is 20.1. The van der Waals surface area contributed by atoms with Gasteiger partial charge >= 0.3 is 0 Å². The van der Waals surface area contributed by atoms with Crippen molar-refractivity contribution in [1.29, 1.82) is 0 Å². The van der Waals surface area contributed by atoms with E-state index in [1.165, 1.54) is 13.3 Å². The van der Waals surface area contributed by atoms with Crippen molar-refractivity contribution < 1.29 is 14.3 Å². The van der Waals surface area contributed by atoms with Crippen molar-refractivity contribution in [3.63, 3.8) is 0 Å².